The number of carbonyl (C=O) groups is 1. The Bertz CT molecular complexity index is 136. The third-order valence-corrected chi connectivity index (χ3v) is 1.25. The van der Waals surface area contributed by atoms with E-state index in [0.717, 1.165) is 0 Å². The highest BCUT2D eigenvalue weighted by Gasteiger charge is 2.08. The summed E-state index contributed by atoms with van der Waals surface area (Å²) in [5, 5.41) is 8.54. The monoisotopic (exact) mass is 175 g/mol. The maximum atomic E-state index is 11.0. The summed E-state index contributed by atoms with van der Waals surface area (Å²) in [5.74, 6) is -0.249. The Kier molecular flexibility index (Phi) is 5.66. The van der Waals surface area contributed by atoms with Crippen LogP contribution in [-0.2, 0) is 9.53 Å². The lowest BCUT2D eigenvalue weighted by molar-refractivity contribution is -0.148. The highest BCUT2D eigenvalue weighted by Crippen LogP contribution is 1.91. The van der Waals surface area contributed by atoms with E-state index in [9.17, 15) is 4.79 Å². The minimum Gasteiger partial charge on any atom is -0.462 e. The second kappa shape index (κ2) is 5.97. The molecule has 72 valence electrons. The minimum atomic E-state index is -0.249. The molecule has 0 rings (SSSR count). The minimum absolute atomic E-state index is 0.0610. The number of carbonyl (C=O) groups excluding carboxylic acids is 1. The topological polar surface area (TPSA) is 49.8 Å². The predicted octanol–water partition coefficient (Wildman–Crippen LogP) is -0.138. The van der Waals surface area contributed by atoms with E-state index in [1.54, 1.807) is 11.9 Å². The molecule has 0 heterocycles. The maximum absolute atomic E-state index is 11.0. The summed E-state index contributed by atoms with van der Waals surface area (Å²) in [5.41, 5.74) is 0. The predicted molar refractivity (Wildman–Crippen MR) is 45.8 cm³/mol. The van der Waals surface area contributed by atoms with E-state index in [4.69, 9.17) is 9.84 Å². The molecular weight excluding hydrogens is 158 g/mol. The van der Waals surface area contributed by atoms with Gasteiger partial charge in [0.25, 0.3) is 0 Å². The quantitative estimate of drug-likeness (QED) is 0.591. The molecule has 0 saturated heterocycles. The van der Waals surface area contributed by atoms with Crippen LogP contribution in [0, 0.1) is 0 Å². The van der Waals surface area contributed by atoms with Gasteiger partial charge in [-0.2, -0.15) is 0 Å². The SMILES string of the molecule is CC(C)OC(=O)CN(C)CCO. The Morgan fingerprint density at radius 2 is 2.17 bits per heavy atom. The van der Waals surface area contributed by atoms with Crippen molar-refractivity contribution in [2.75, 3.05) is 26.7 Å². The number of aliphatic hydroxyl groups is 1. The Morgan fingerprint density at radius 3 is 2.58 bits per heavy atom. The number of aliphatic hydroxyl groups excluding tert-OH is 1. The summed E-state index contributed by atoms with van der Waals surface area (Å²) in [6.45, 7) is 4.41. The highest BCUT2D eigenvalue weighted by atomic mass is 16.5. The first-order valence-corrected chi connectivity index (χ1v) is 4.05. The lowest BCUT2D eigenvalue weighted by Crippen LogP contribution is -2.30. The molecule has 4 heteroatoms. The van der Waals surface area contributed by atoms with Crippen molar-refractivity contribution in [2.24, 2.45) is 0 Å². The van der Waals surface area contributed by atoms with Crippen LogP contribution in [0.5, 0.6) is 0 Å². The molecule has 0 aromatic heterocycles. The van der Waals surface area contributed by atoms with Crippen molar-refractivity contribution in [3.05, 3.63) is 0 Å². The third-order valence-electron chi connectivity index (χ3n) is 1.25. The fourth-order valence-electron chi connectivity index (χ4n) is 0.770. The van der Waals surface area contributed by atoms with Crippen LogP contribution in [0.2, 0.25) is 0 Å². The molecule has 0 spiro atoms. The molecule has 4 nitrogen and oxygen atoms in total. The molecule has 0 fully saturated rings. The molecule has 1 N–H and O–H groups in total. The second-order valence-electron chi connectivity index (χ2n) is 3.00. The molecule has 12 heavy (non-hydrogen) atoms. The van der Waals surface area contributed by atoms with Gasteiger partial charge < -0.3 is 9.84 Å². The van der Waals surface area contributed by atoms with E-state index in [1.807, 2.05) is 13.8 Å². The van der Waals surface area contributed by atoms with Crippen molar-refractivity contribution in [1.82, 2.24) is 4.90 Å². The van der Waals surface area contributed by atoms with Gasteiger partial charge in [0.05, 0.1) is 19.3 Å². The zero-order chi connectivity index (χ0) is 9.56. The van der Waals surface area contributed by atoms with Crippen molar-refractivity contribution in [2.45, 2.75) is 20.0 Å². The third kappa shape index (κ3) is 6.12. The van der Waals surface area contributed by atoms with E-state index in [-0.39, 0.29) is 25.2 Å². The van der Waals surface area contributed by atoms with E-state index in [0.29, 0.717) is 6.54 Å². The number of hydrogen-bond donors (Lipinski definition) is 1. The maximum Gasteiger partial charge on any atom is 0.320 e. The molecule has 0 atom stereocenters. The first-order chi connectivity index (χ1) is 5.56. The molecule has 0 aliphatic carbocycles. The van der Waals surface area contributed by atoms with Gasteiger partial charge in [-0.05, 0) is 20.9 Å². The fourth-order valence-corrected chi connectivity index (χ4v) is 0.770. The molecule has 0 radical (unpaired) electrons. The molecule has 0 aliphatic rings. The molecular formula is C8H17NO3. The van der Waals surface area contributed by atoms with E-state index in [1.165, 1.54) is 0 Å². The molecule has 0 bridgehead atoms. The van der Waals surface area contributed by atoms with Crippen molar-refractivity contribution >= 4 is 5.97 Å². The number of ether oxygens (including phenoxy) is 1. The van der Waals surface area contributed by atoms with Crippen molar-refractivity contribution in [3.8, 4) is 0 Å². The Balaban J connectivity index is 3.54. The van der Waals surface area contributed by atoms with Crippen molar-refractivity contribution in [1.29, 1.82) is 0 Å². The second-order valence-corrected chi connectivity index (χ2v) is 3.00. The molecule has 0 aromatic rings. The van der Waals surface area contributed by atoms with Crippen LogP contribution in [-0.4, -0.2) is 48.8 Å². The van der Waals surface area contributed by atoms with Gasteiger partial charge in [0.1, 0.15) is 0 Å². The molecule has 0 saturated carbocycles. The fraction of sp³-hybridized carbons (Fsp3) is 0.875. The first kappa shape index (κ1) is 11.4. The number of esters is 1. The van der Waals surface area contributed by atoms with Gasteiger partial charge in [0, 0.05) is 6.54 Å². The van der Waals surface area contributed by atoms with Gasteiger partial charge in [0.15, 0.2) is 0 Å². The largest absolute Gasteiger partial charge is 0.462 e. The summed E-state index contributed by atoms with van der Waals surface area (Å²) >= 11 is 0. The van der Waals surface area contributed by atoms with Gasteiger partial charge in [-0.1, -0.05) is 0 Å². The summed E-state index contributed by atoms with van der Waals surface area (Å²) in [4.78, 5) is 12.7. The lowest BCUT2D eigenvalue weighted by Gasteiger charge is -2.15. The molecule has 0 aromatic carbocycles. The molecule has 0 aliphatic heterocycles. The van der Waals surface area contributed by atoms with Gasteiger partial charge in [-0.25, -0.2) is 0 Å². The van der Waals surface area contributed by atoms with Gasteiger partial charge >= 0.3 is 5.97 Å². The first-order valence-electron chi connectivity index (χ1n) is 4.05. The van der Waals surface area contributed by atoms with Crippen LogP contribution in [0.1, 0.15) is 13.8 Å². The van der Waals surface area contributed by atoms with Crippen molar-refractivity contribution < 1.29 is 14.6 Å². The number of hydrogen-bond acceptors (Lipinski definition) is 4. The number of rotatable bonds is 5. The van der Waals surface area contributed by atoms with Crippen LogP contribution in [0.25, 0.3) is 0 Å². The summed E-state index contributed by atoms with van der Waals surface area (Å²) in [6.07, 6.45) is -0.0694. The average Bonchev–Trinajstić information content (AvgIpc) is 1.84. The number of nitrogens with zero attached hydrogens (tertiary/aromatic N) is 1. The summed E-state index contributed by atoms with van der Waals surface area (Å²) in [7, 11) is 1.76. The Labute approximate surface area is 73.1 Å². The van der Waals surface area contributed by atoms with Crippen LogP contribution in [0.3, 0.4) is 0 Å². The van der Waals surface area contributed by atoms with E-state index < -0.39 is 0 Å². The molecule has 0 amide bonds. The Morgan fingerprint density at radius 1 is 1.58 bits per heavy atom. The lowest BCUT2D eigenvalue weighted by atomic mass is 10.4. The highest BCUT2D eigenvalue weighted by molar-refractivity contribution is 5.71. The van der Waals surface area contributed by atoms with Crippen LogP contribution >= 0.6 is 0 Å². The van der Waals surface area contributed by atoms with E-state index in [2.05, 4.69) is 0 Å². The normalized spacial score (nSPS) is 10.8. The summed E-state index contributed by atoms with van der Waals surface area (Å²) in [6, 6.07) is 0. The van der Waals surface area contributed by atoms with Gasteiger partial charge in [-0.3, -0.25) is 9.69 Å². The van der Waals surface area contributed by atoms with Crippen LogP contribution in [0.4, 0.5) is 0 Å². The van der Waals surface area contributed by atoms with Gasteiger partial charge in [0.2, 0.25) is 0 Å². The average molecular weight is 175 g/mol. The molecule has 0 unspecified atom stereocenters. The standard InChI is InChI=1S/C8H17NO3/c1-7(2)12-8(11)6-9(3)4-5-10/h7,10H,4-6H2,1-3H3. The summed E-state index contributed by atoms with van der Waals surface area (Å²) < 4.78 is 4.90. The Hall–Kier alpha value is -0.610. The number of likely N-dealkylation sites (N-methyl/N-ethyl adjacent to an activating group) is 1. The zero-order valence-corrected chi connectivity index (χ0v) is 7.91. The zero-order valence-electron chi connectivity index (χ0n) is 7.91. The van der Waals surface area contributed by atoms with Crippen LogP contribution in [0.15, 0.2) is 0 Å². The van der Waals surface area contributed by atoms with Gasteiger partial charge in [-0.15, -0.1) is 0 Å². The van der Waals surface area contributed by atoms with Crippen molar-refractivity contribution in [3.63, 3.8) is 0 Å². The van der Waals surface area contributed by atoms with Crippen LogP contribution < -0.4 is 0 Å². The van der Waals surface area contributed by atoms with E-state index >= 15 is 0 Å². The smallest absolute Gasteiger partial charge is 0.320 e.